The molecule has 0 atom stereocenters. The minimum absolute atomic E-state index is 0.330. The first-order chi connectivity index (χ1) is 8.69. The van der Waals surface area contributed by atoms with E-state index in [9.17, 15) is 4.79 Å². The Hall–Kier alpha value is -1.97. The zero-order chi connectivity index (χ0) is 13.1. The first-order valence-electron chi connectivity index (χ1n) is 6.20. The Morgan fingerprint density at radius 3 is 2.56 bits per heavy atom. The lowest BCUT2D eigenvalue weighted by Crippen LogP contribution is -2.21. The number of anilines is 2. The maximum Gasteiger partial charge on any atom is 0.338 e. The predicted octanol–water partition coefficient (Wildman–Crippen LogP) is 2.68. The first kappa shape index (κ1) is 12.5. The second-order valence-corrected chi connectivity index (χ2v) is 4.08. The van der Waals surface area contributed by atoms with Crippen LogP contribution in [-0.4, -0.2) is 20.1 Å². The van der Waals surface area contributed by atoms with Gasteiger partial charge in [0.1, 0.15) is 5.58 Å². The third-order valence-corrected chi connectivity index (χ3v) is 3.13. The smallest absolute Gasteiger partial charge is 0.338 e. The molecular formula is C14H18N2O2. The molecule has 96 valence electrons. The number of rotatable bonds is 4. The molecule has 0 aliphatic heterocycles. The third kappa shape index (κ3) is 2.18. The highest BCUT2D eigenvalue weighted by Gasteiger charge is 2.07. The molecule has 0 saturated carbocycles. The predicted molar refractivity (Wildman–Crippen MR) is 75.6 cm³/mol. The van der Waals surface area contributed by atoms with Crippen LogP contribution in [-0.2, 0) is 0 Å². The number of hydrogen-bond donors (Lipinski definition) is 1. The van der Waals surface area contributed by atoms with Crippen molar-refractivity contribution < 1.29 is 4.42 Å². The van der Waals surface area contributed by atoms with Crippen LogP contribution in [0, 0.1) is 0 Å². The summed E-state index contributed by atoms with van der Waals surface area (Å²) in [5.74, 6) is 0. The summed E-state index contributed by atoms with van der Waals surface area (Å²) in [4.78, 5) is 13.7. The maximum absolute atomic E-state index is 11.5. The highest BCUT2D eigenvalue weighted by atomic mass is 16.4. The van der Waals surface area contributed by atoms with Crippen LogP contribution >= 0.6 is 0 Å². The highest BCUT2D eigenvalue weighted by Crippen LogP contribution is 2.26. The number of fused-ring (bicyclic) bond motifs is 1. The van der Waals surface area contributed by atoms with Crippen molar-refractivity contribution in [3.05, 3.63) is 34.7 Å². The summed E-state index contributed by atoms with van der Waals surface area (Å²) in [5.41, 5.74) is 2.16. The summed E-state index contributed by atoms with van der Waals surface area (Å²) in [6.07, 6.45) is 0. The van der Waals surface area contributed by atoms with Gasteiger partial charge in [-0.25, -0.2) is 4.79 Å². The molecule has 0 radical (unpaired) electrons. The van der Waals surface area contributed by atoms with Gasteiger partial charge in [0.25, 0.3) is 0 Å². The van der Waals surface area contributed by atoms with E-state index in [1.807, 2.05) is 12.1 Å². The molecule has 2 rings (SSSR count). The molecule has 0 aliphatic rings. The Labute approximate surface area is 106 Å². The minimum Gasteiger partial charge on any atom is -0.423 e. The molecule has 0 saturated heterocycles. The molecule has 1 heterocycles. The van der Waals surface area contributed by atoms with Gasteiger partial charge < -0.3 is 14.6 Å². The maximum atomic E-state index is 11.5. The van der Waals surface area contributed by atoms with Gasteiger partial charge in [-0.2, -0.15) is 0 Å². The van der Waals surface area contributed by atoms with Gasteiger partial charge in [0.2, 0.25) is 0 Å². The van der Waals surface area contributed by atoms with Crippen molar-refractivity contribution in [3.63, 3.8) is 0 Å². The molecule has 0 bridgehead atoms. The van der Waals surface area contributed by atoms with Crippen molar-refractivity contribution in [3.8, 4) is 0 Å². The Bertz CT molecular complexity index is 600. The fourth-order valence-electron chi connectivity index (χ4n) is 2.14. The number of nitrogens with one attached hydrogen (secondary N) is 1. The SMILES string of the molecule is CCN(CC)c1ccc2c(NC)cc(=O)oc2c1. The summed E-state index contributed by atoms with van der Waals surface area (Å²) in [5, 5.41) is 3.94. The molecule has 4 nitrogen and oxygen atoms in total. The van der Waals surface area contributed by atoms with E-state index in [1.54, 1.807) is 7.05 Å². The van der Waals surface area contributed by atoms with Crippen LogP contribution in [0.5, 0.6) is 0 Å². The van der Waals surface area contributed by atoms with Crippen molar-refractivity contribution >= 4 is 22.3 Å². The lowest BCUT2D eigenvalue weighted by atomic mass is 10.1. The van der Waals surface area contributed by atoms with Gasteiger partial charge in [-0.1, -0.05) is 0 Å². The van der Waals surface area contributed by atoms with Crippen molar-refractivity contribution in [2.75, 3.05) is 30.4 Å². The molecule has 0 amide bonds. The second kappa shape index (κ2) is 5.12. The molecule has 1 aromatic heterocycles. The molecule has 2 aromatic rings. The Kier molecular flexibility index (Phi) is 3.55. The van der Waals surface area contributed by atoms with Crippen molar-refractivity contribution in [2.24, 2.45) is 0 Å². The lowest BCUT2D eigenvalue weighted by molar-refractivity contribution is 0.561. The Balaban J connectivity index is 2.61. The Morgan fingerprint density at radius 1 is 1.22 bits per heavy atom. The van der Waals surface area contributed by atoms with E-state index in [4.69, 9.17) is 4.42 Å². The average molecular weight is 246 g/mol. The second-order valence-electron chi connectivity index (χ2n) is 4.08. The van der Waals surface area contributed by atoms with E-state index in [1.165, 1.54) is 6.07 Å². The summed E-state index contributed by atoms with van der Waals surface area (Å²) >= 11 is 0. The van der Waals surface area contributed by atoms with Gasteiger partial charge in [0.15, 0.2) is 0 Å². The summed E-state index contributed by atoms with van der Waals surface area (Å²) < 4.78 is 5.26. The lowest BCUT2D eigenvalue weighted by Gasteiger charge is -2.21. The molecule has 18 heavy (non-hydrogen) atoms. The van der Waals surface area contributed by atoms with E-state index in [0.29, 0.717) is 5.58 Å². The van der Waals surface area contributed by atoms with Crippen molar-refractivity contribution in [1.29, 1.82) is 0 Å². The monoisotopic (exact) mass is 246 g/mol. The van der Waals surface area contributed by atoms with Crippen LogP contribution in [0.1, 0.15) is 13.8 Å². The van der Waals surface area contributed by atoms with E-state index in [2.05, 4.69) is 30.1 Å². The van der Waals surface area contributed by atoms with Gasteiger partial charge in [0, 0.05) is 43.3 Å². The topological polar surface area (TPSA) is 45.5 Å². The van der Waals surface area contributed by atoms with Crippen LogP contribution < -0.4 is 15.8 Å². The molecule has 1 aromatic carbocycles. The van der Waals surface area contributed by atoms with Crippen molar-refractivity contribution in [2.45, 2.75) is 13.8 Å². The molecular weight excluding hydrogens is 228 g/mol. The molecule has 1 N–H and O–H groups in total. The van der Waals surface area contributed by atoms with Gasteiger partial charge in [-0.3, -0.25) is 0 Å². The third-order valence-electron chi connectivity index (χ3n) is 3.13. The van der Waals surface area contributed by atoms with E-state index < -0.39 is 0 Å². The van der Waals surface area contributed by atoms with E-state index >= 15 is 0 Å². The number of benzene rings is 1. The van der Waals surface area contributed by atoms with Gasteiger partial charge in [-0.05, 0) is 26.0 Å². The highest BCUT2D eigenvalue weighted by molar-refractivity contribution is 5.91. The molecule has 4 heteroatoms. The number of hydrogen-bond acceptors (Lipinski definition) is 4. The van der Waals surface area contributed by atoms with Crippen LogP contribution in [0.2, 0.25) is 0 Å². The largest absolute Gasteiger partial charge is 0.423 e. The fourth-order valence-corrected chi connectivity index (χ4v) is 2.14. The van der Waals surface area contributed by atoms with Gasteiger partial charge in [-0.15, -0.1) is 0 Å². The summed E-state index contributed by atoms with van der Waals surface area (Å²) in [6.45, 7) is 6.07. The average Bonchev–Trinajstić information content (AvgIpc) is 2.38. The van der Waals surface area contributed by atoms with Gasteiger partial charge in [0.05, 0.1) is 5.69 Å². The van der Waals surface area contributed by atoms with Crippen LogP contribution in [0.15, 0.2) is 33.5 Å². The van der Waals surface area contributed by atoms with E-state index in [0.717, 1.165) is 29.9 Å². The number of nitrogens with zero attached hydrogens (tertiary/aromatic N) is 1. The molecule has 0 aliphatic carbocycles. The normalized spacial score (nSPS) is 10.6. The fraction of sp³-hybridized carbons (Fsp3) is 0.357. The minimum atomic E-state index is -0.330. The quantitative estimate of drug-likeness (QED) is 0.842. The molecule has 0 fully saturated rings. The van der Waals surface area contributed by atoms with E-state index in [-0.39, 0.29) is 5.63 Å². The van der Waals surface area contributed by atoms with Crippen LogP contribution in [0.25, 0.3) is 11.0 Å². The molecule has 0 spiro atoms. The first-order valence-corrected chi connectivity index (χ1v) is 6.20. The van der Waals surface area contributed by atoms with Gasteiger partial charge >= 0.3 is 5.63 Å². The molecule has 0 unspecified atom stereocenters. The summed E-state index contributed by atoms with van der Waals surface area (Å²) in [7, 11) is 1.80. The zero-order valence-electron chi connectivity index (χ0n) is 11.0. The van der Waals surface area contributed by atoms with Crippen LogP contribution in [0.4, 0.5) is 11.4 Å². The summed E-state index contributed by atoms with van der Waals surface area (Å²) in [6, 6.07) is 7.43. The zero-order valence-corrected chi connectivity index (χ0v) is 11.0. The standard InChI is InChI=1S/C14H18N2O2/c1-4-16(5-2)10-6-7-11-12(15-3)9-14(17)18-13(11)8-10/h6-9,15H,4-5H2,1-3H3. The Morgan fingerprint density at radius 2 is 1.94 bits per heavy atom. The van der Waals surface area contributed by atoms with Crippen LogP contribution in [0.3, 0.4) is 0 Å². The van der Waals surface area contributed by atoms with Crippen molar-refractivity contribution in [1.82, 2.24) is 0 Å².